The van der Waals surface area contributed by atoms with Crippen LogP contribution in [-0.4, -0.2) is 148 Å². The molecule has 4 amide bonds. The van der Waals surface area contributed by atoms with E-state index in [0.29, 0.717) is 95.1 Å². The van der Waals surface area contributed by atoms with E-state index in [1.54, 1.807) is 18.5 Å². The van der Waals surface area contributed by atoms with Crippen molar-refractivity contribution in [2.75, 3.05) is 86.1 Å². The van der Waals surface area contributed by atoms with Gasteiger partial charge in [-0.05, 0) is 94.1 Å². The van der Waals surface area contributed by atoms with Gasteiger partial charge in [-0.1, -0.05) is 30.6 Å². The van der Waals surface area contributed by atoms with Crippen molar-refractivity contribution >= 4 is 46.8 Å². The lowest BCUT2D eigenvalue weighted by molar-refractivity contribution is -0.131. The van der Waals surface area contributed by atoms with Crippen LogP contribution < -0.4 is 31.9 Å². The number of halogens is 2. The molecule has 2 saturated heterocycles. The average molecular weight is 924 g/mol. The molecule has 0 saturated carbocycles. The molecule has 2 aliphatic heterocycles. The van der Waals surface area contributed by atoms with E-state index >= 15 is 0 Å². The van der Waals surface area contributed by atoms with Crippen LogP contribution >= 0.6 is 23.2 Å². The minimum atomic E-state index is -0.371. The van der Waals surface area contributed by atoms with Gasteiger partial charge in [0.15, 0.2) is 0 Å². The van der Waals surface area contributed by atoms with Crippen molar-refractivity contribution < 1.29 is 59.3 Å². The predicted molar refractivity (Wildman–Crippen MR) is 234 cm³/mol. The molecule has 2 aromatic rings. The molecule has 20 nitrogen and oxygen atoms in total. The molecule has 2 fully saturated rings. The maximum atomic E-state index is 12.6. The number of pyridine rings is 2. The number of ether oxygens (including phenoxy) is 5. The Morgan fingerprint density at radius 1 is 0.581 bits per heavy atom. The molecule has 0 radical (unpaired) electrons. The lowest BCUT2D eigenvalue weighted by atomic mass is 9.98. The van der Waals surface area contributed by atoms with E-state index in [4.69, 9.17) is 46.9 Å². The molecular formula is C40H68Cl2N8O12. The van der Waals surface area contributed by atoms with E-state index in [2.05, 4.69) is 41.9 Å². The lowest BCUT2D eigenvalue weighted by Crippen LogP contribution is -2.44. The van der Waals surface area contributed by atoms with Gasteiger partial charge in [0.2, 0.25) is 11.8 Å². The average Bonchev–Trinajstić information content (AvgIpc) is 3.17. The van der Waals surface area contributed by atoms with Crippen molar-refractivity contribution in [3.8, 4) is 0 Å². The zero-order valence-corrected chi connectivity index (χ0v) is 36.1. The van der Waals surface area contributed by atoms with Crippen LogP contribution in [0.1, 0.15) is 90.6 Å². The zero-order valence-electron chi connectivity index (χ0n) is 34.6. The first-order chi connectivity index (χ1) is 28.3. The first kappa shape index (κ1) is 58.4. The Hall–Kier alpha value is -3.64. The number of hydrogen-bond acceptors (Lipinski definition) is 13. The van der Waals surface area contributed by atoms with E-state index < -0.39 is 0 Å². The fraction of sp³-hybridized carbons (Fsp3) is 0.650. The topological polar surface area (TPSA) is 307 Å². The van der Waals surface area contributed by atoms with Crippen molar-refractivity contribution in [2.24, 2.45) is 0 Å². The van der Waals surface area contributed by atoms with Crippen LogP contribution in [0.3, 0.4) is 0 Å². The minimum Gasteiger partial charge on any atom is -0.412 e. The second-order valence-corrected chi connectivity index (χ2v) is 14.7. The van der Waals surface area contributed by atoms with Gasteiger partial charge in [-0.2, -0.15) is 0 Å². The number of nitrogens with one attached hydrogen (secondary N) is 6. The van der Waals surface area contributed by atoms with E-state index in [1.807, 2.05) is 6.07 Å². The molecule has 62 heavy (non-hydrogen) atoms. The summed E-state index contributed by atoms with van der Waals surface area (Å²) in [6.45, 7) is 5.51. The molecule has 0 aromatic carbocycles. The SMILES string of the molecule is C.O.O.O.O=C(CC(=O)NCCCOCOCOCCCNC(=O)c1cc(CC2CCN2)cnc1Cl)NCCCOCOCCCCNC(=O)c1cc(CC2CCN2)cnc1Cl. The molecule has 2 atom stereocenters. The summed E-state index contributed by atoms with van der Waals surface area (Å²) in [5.41, 5.74) is 2.72. The molecule has 2 aliphatic rings. The molecule has 0 aliphatic carbocycles. The van der Waals surface area contributed by atoms with E-state index in [9.17, 15) is 19.2 Å². The highest BCUT2D eigenvalue weighted by molar-refractivity contribution is 6.33. The van der Waals surface area contributed by atoms with Crippen LogP contribution in [0, 0.1) is 0 Å². The van der Waals surface area contributed by atoms with Gasteiger partial charge in [-0.25, -0.2) is 9.97 Å². The van der Waals surface area contributed by atoms with Gasteiger partial charge < -0.3 is 72.0 Å². The second kappa shape index (κ2) is 34.8. The number of amides is 4. The number of rotatable bonds is 31. The van der Waals surface area contributed by atoms with E-state index in [-0.39, 0.29) is 84.6 Å². The summed E-state index contributed by atoms with van der Waals surface area (Å²) in [7, 11) is 0. The van der Waals surface area contributed by atoms with E-state index in [0.717, 1.165) is 62.7 Å². The van der Waals surface area contributed by atoms with Gasteiger partial charge >= 0.3 is 0 Å². The maximum absolute atomic E-state index is 12.6. The fourth-order valence-corrected chi connectivity index (χ4v) is 6.14. The Labute approximate surface area is 373 Å². The van der Waals surface area contributed by atoms with Crippen molar-refractivity contribution in [3.63, 3.8) is 0 Å². The van der Waals surface area contributed by atoms with Gasteiger partial charge in [-0.15, -0.1) is 0 Å². The zero-order chi connectivity index (χ0) is 41.2. The summed E-state index contributed by atoms with van der Waals surface area (Å²) in [5, 5.41) is 18.2. The highest BCUT2D eigenvalue weighted by Gasteiger charge is 2.20. The van der Waals surface area contributed by atoms with Crippen molar-refractivity contribution in [1.82, 2.24) is 41.9 Å². The van der Waals surface area contributed by atoms with Gasteiger partial charge in [0.25, 0.3) is 11.8 Å². The molecule has 354 valence electrons. The Bertz CT molecular complexity index is 1580. The Morgan fingerprint density at radius 3 is 1.35 bits per heavy atom. The van der Waals surface area contributed by atoms with Crippen molar-refractivity contribution in [1.29, 1.82) is 0 Å². The lowest BCUT2D eigenvalue weighted by Gasteiger charge is -2.27. The summed E-state index contributed by atoms with van der Waals surface area (Å²) in [4.78, 5) is 57.5. The van der Waals surface area contributed by atoms with Crippen LogP contribution in [0.15, 0.2) is 24.5 Å². The van der Waals surface area contributed by atoms with Crippen LogP contribution in [0.2, 0.25) is 10.3 Å². The van der Waals surface area contributed by atoms with Gasteiger partial charge in [0.05, 0.1) is 30.9 Å². The number of aromatic nitrogens is 2. The maximum Gasteiger partial charge on any atom is 0.254 e. The number of nitrogens with zero attached hydrogens (tertiary/aromatic N) is 2. The molecule has 2 unspecified atom stereocenters. The number of hydrogen-bond donors (Lipinski definition) is 6. The summed E-state index contributed by atoms with van der Waals surface area (Å²) in [6, 6.07) is 4.47. The van der Waals surface area contributed by atoms with Gasteiger partial charge in [0.1, 0.15) is 37.1 Å². The Kier molecular flexibility index (Phi) is 32.8. The van der Waals surface area contributed by atoms with Crippen LogP contribution in [0.25, 0.3) is 0 Å². The number of carbonyl (C=O) groups is 4. The van der Waals surface area contributed by atoms with Crippen LogP contribution in [0.4, 0.5) is 0 Å². The van der Waals surface area contributed by atoms with E-state index in [1.165, 1.54) is 0 Å². The number of carbonyl (C=O) groups excluding carboxylic acids is 4. The molecule has 12 N–H and O–H groups in total. The molecule has 0 spiro atoms. The Morgan fingerprint density at radius 2 is 0.952 bits per heavy atom. The quantitative estimate of drug-likeness (QED) is 0.0259. The van der Waals surface area contributed by atoms with Gasteiger partial charge in [-0.3, -0.25) is 19.2 Å². The molecule has 4 heterocycles. The monoisotopic (exact) mass is 922 g/mol. The molecule has 2 aromatic heterocycles. The molecule has 0 bridgehead atoms. The van der Waals surface area contributed by atoms with Crippen LogP contribution in [-0.2, 0) is 46.1 Å². The largest absolute Gasteiger partial charge is 0.412 e. The minimum absolute atomic E-state index is 0. The summed E-state index contributed by atoms with van der Waals surface area (Å²) in [6.07, 6.45) is 10.2. The van der Waals surface area contributed by atoms with Gasteiger partial charge in [0, 0.05) is 57.3 Å². The fourth-order valence-electron chi connectivity index (χ4n) is 5.76. The summed E-state index contributed by atoms with van der Waals surface area (Å²) < 4.78 is 27.0. The number of unbranched alkanes of at least 4 members (excludes halogenated alkanes) is 1. The summed E-state index contributed by atoms with van der Waals surface area (Å²) in [5.74, 6) is -1.24. The first-order valence-corrected chi connectivity index (χ1v) is 20.8. The third-order valence-electron chi connectivity index (χ3n) is 9.24. The second-order valence-electron chi connectivity index (χ2n) is 14.0. The summed E-state index contributed by atoms with van der Waals surface area (Å²) >= 11 is 12.3. The predicted octanol–water partition coefficient (Wildman–Crippen LogP) is 0.443. The van der Waals surface area contributed by atoms with Crippen molar-refractivity contribution in [2.45, 2.75) is 83.7 Å². The Balaban J connectivity index is 0.00000930. The molecular weight excluding hydrogens is 855 g/mol. The highest BCUT2D eigenvalue weighted by atomic mass is 35.5. The molecule has 22 heteroatoms. The third-order valence-corrected chi connectivity index (χ3v) is 9.85. The highest BCUT2D eigenvalue weighted by Crippen LogP contribution is 2.19. The smallest absolute Gasteiger partial charge is 0.254 e. The third kappa shape index (κ3) is 23.7. The normalized spacial score (nSPS) is 14.9. The van der Waals surface area contributed by atoms with Crippen molar-refractivity contribution in [3.05, 3.63) is 57.1 Å². The van der Waals surface area contributed by atoms with Crippen LogP contribution in [0.5, 0.6) is 0 Å². The first-order valence-electron chi connectivity index (χ1n) is 20.0. The standard InChI is InChI=1S/C39H58Cl2N8O9.CH4.3H2O/c40-36-32(20-28(23-48-36)18-30-6-12-42-30)38(52)46-8-1-2-14-54-25-55-15-3-9-44-34(50)22-35(51)45-10-4-16-56-26-58-27-57-17-5-11-47-39(53)33-21-29(24-49-37(33)41)19-31-7-13-43-31;;;;/h20-21,23-24,30-31,42-43H,1-19,22,25-27H2,(H,44,50)(H,45,51)(H,46,52)(H,47,53);1H4;3*1H2. The molecule has 4 rings (SSSR count).